The van der Waals surface area contributed by atoms with Crippen molar-refractivity contribution in [2.24, 2.45) is 0 Å². The Labute approximate surface area is 197 Å². The van der Waals surface area contributed by atoms with Crippen LogP contribution < -0.4 is 10.1 Å². The molecule has 0 fully saturated rings. The van der Waals surface area contributed by atoms with Crippen molar-refractivity contribution >= 4 is 23.4 Å². The van der Waals surface area contributed by atoms with E-state index in [1.54, 1.807) is 12.3 Å². The summed E-state index contributed by atoms with van der Waals surface area (Å²) in [4.78, 5) is 12.6. The maximum absolute atomic E-state index is 12.6. The number of benzene rings is 2. The number of nitrogens with one attached hydrogen (secondary N) is 1. The Hall–Kier alpha value is -3.52. The molecule has 0 aliphatic carbocycles. The first kappa shape index (κ1) is 22.7. The topological polar surface area (TPSA) is 82.2 Å². The number of anilines is 1. The average molecular weight is 463 g/mol. The highest BCUT2D eigenvalue weighted by atomic mass is 32.2. The smallest absolute Gasteiger partial charge is 0.234 e. The molecule has 0 spiro atoms. The van der Waals surface area contributed by atoms with E-state index >= 15 is 0 Å². The van der Waals surface area contributed by atoms with Crippen LogP contribution in [0.5, 0.6) is 5.75 Å². The van der Waals surface area contributed by atoms with Crippen LogP contribution in [0.1, 0.15) is 32.3 Å². The minimum absolute atomic E-state index is 0.113. The number of rotatable bonds is 9. The molecule has 0 radical (unpaired) electrons. The Balaban J connectivity index is 1.52. The van der Waals surface area contributed by atoms with Crippen LogP contribution in [0.2, 0.25) is 0 Å². The number of amides is 1. The molecular weight excluding hydrogens is 436 g/mol. The third kappa shape index (κ3) is 5.46. The molecule has 2 aromatic carbocycles. The zero-order valence-corrected chi connectivity index (χ0v) is 19.6. The minimum atomic E-state index is -0.113. The van der Waals surface area contributed by atoms with Gasteiger partial charge < -0.3 is 14.5 Å². The Bertz CT molecular complexity index is 1180. The molecule has 8 heteroatoms. The molecule has 0 atom stereocenters. The Morgan fingerprint density at radius 2 is 1.85 bits per heavy atom. The average Bonchev–Trinajstić information content (AvgIpc) is 3.49. The van der Waals surface area contributed by atoms with Gasteiger partial charge in [0.25, 0.3) is 0 Å². The van der Waals surface area contributed by atoms with E-state index in [4.69, 9.17) is 9.15 Å². The van der Waals surface area contributed by atoms with E-state index in [1.165, 1.54) is 17.3 Å². The number of ether oxygens (including phenoxy) is 1. The van der Waals surface area contributed by atoms with Crippen molar-refractivity contribution in [3.8, 4) is 23.0 Å². The van der Waals surface area contributed by atoms with Crippen molar-refractivity contribution in [2.75, 3.05) is 17.7 Å². The number of aromatic nitrogens is 3. The number of hydrogen-bond acceptors (Lipinski definition) is 6. The van der Waals surface area contributed by atoms with E-state index in [0.29, 0.717) is 29.3 Å². The molecule has 4 rings (SSSR count). The Morgan fingerprint density at radius 3 is 2.48 bits per heavy atom. The van der Waals surface area contributed by atoms with Gasteiger partial charge in [0.15, 0.2) is 10.9 Å². The quantitative estimate of drug-likeness (QED) is 0.318. The van der Waals surface area contributed by atoms with Gasteiger partial charge in [-0.2, -0.15) is 0 Å². The lowest BCUT2D eigenvalue weighted by Gasteiger charge is -2.11. The highest BCUT2D eigenvalue weighted by Gasteiger charge is 2.19. The molecule has 0 bridgehead atoms. The van der Waals surface area contributed by atoms with Gasteiger partial charge in [-0.25, -0.2) is 0 Å². The van der Waals surface area contributed by atoms with Crippen LogP contribution in [0.3, 0.4) is 0 Å². The van der Waals surface area contributed by atoms with Gasteiger partial charge in [-0.05, 0) is 66.9 Å². The van der Waals surface area contributed by atoms with Crippen molar-refractivity contribution in [1.29, 1.82) is 0 Å². The molecule has 7 nitrogen and oxygen atoms in total. The van der Waals surface area contributed by atoms with Crippen molar-refractivity contribution in [2.45, 2.75) is 31.8 Å². The van der Waals surface area contributed by atoms with Gasteiger partial charge in [0.1, 0.15) is 5.75 Å². The predicted octanol–water partition coefficient (Wildman–Crippen LogP) is 5.78. The molecular formula is C25H26N4O3S. The molecule has 0 saturated carbocycles. The monoisotopic (exact) mass is 462 g/mol. The van der Waals surface area contributed by atoms with E-state index < -0.39 is 0 Å². The van der Waals surface area contributed by atoms with Crippen LogP contribution in [0.25, 0.3) is 17.3 Å². The summed E-state index contributed by atoms with van der Waals surface area (Å²) in [6, 6.07) is 19.2. The molecule has 2 aromatic heterocycles. The van der Waals surface area contributed by atoms with E-state index in [1.807, 2.05) is 66.1 Å². The molecule has 33 heavy (non-hydrogen) atoms. The number of hydrogen-bond donors (Lipinski definition) is 1. The normalized spacial score (nSPS) is 11.0. The lowest BCUT2D eigenvalue weighted by Crippen LogP contribution is -2.14. The second-order valence-electron chi connectivity index (χ2n) is 7.66. The van der Waals surface area contributed by atoms with Gasteiger partial charge in [0, 0.05) is 5.69 Å². The Kier molecular flexibility index (Phi) is 7.14. The van der Waals surface area contributed by atoms with E-state index in [2.05, 4.69) is 29.4 Å². The molecule has 0 unspecified atom stereocenters. The molecule has 1 N–H and O–H groups in total. The fraction of sp³-hybridized carbons (Fsp3) is 0.240. The van der Waals surface area contributed by atoms with Crippen molar-refractivity contribution in [3.63, 3.8) is 0 Å². The SMILES string of the molecule is CCOc1ccc(-n2c(SCC(=O)Nc3ccc(C(C)C)cc3)nnc2-c2ccco2)cc1. The summed E-state index contributed by atoms with van der Waals surface area (Å²) in [6.45, 7) is 6.82. The first-order valence-electron chi connectivity index (χ1n) is 10.8. The number of carbonyl (C=O) groups is 1. The summed E-state index contributed by atoms with van der Waals surface area (Å²) in [6.07, 6.45) is 1.59. The standard InChI is InChI=1S/C25H26N4O3S/c1-4-31-21-13-11-20(12-14-21)29-24(22-6-5-15-32-22)27-28-25(29)33-16-23(30)26-19-9-7-18(8-10-19)17(2)3/h5-15,17H,4,16H2,1-3H3,(H,26,30). The lowest BCUT2D eigenvalue weighted by molar-refractivity contribution is -0.113. The van der Waals surface area contributed by atoms with Crippen molar-refractivity contribution < 1.29 is 13.9 Å². The minimum Gasteiger partial charge on any atom is -0.494 e. The molecule has 0 aliphatic heterocycles. The van der Waals surface area contributed by atoms with Crippen LogP contribution >= 0.6 is 11.8 Å². The molecule has 170 valence electrons. The highest BCUT2D eigenvalue weighted by molar-refractivity contribution is 7.99. The van der Waals surface area contributed by atoms with Gasteiger partial charge >= 0.3 is 0 Å². The third-order valence-electron chi connectivity index (χ3n) is 4.97. The lowest BCUT2D eigenvalue weighted by atomic mass is 10.0. The second-order valence-corrected chi connectivity index (χ2v) is 8.60. The zero-order chi connectivity index (χ0) is 23.2. The van der Waals surface area contributed by atoms with E-state index in [0.717, 1.165) is 17.1 Å². The van der Waals surface area contributed by atoms with Crippen LogP contribution in [0.15, 0.2) is 76.5 Å². The largest absolute Gasteiger partial charge is 0.494 e. The van der Waals surface area contributed by atoms with Gasteiger partial charge in [-0.15, -0.1) is 10.2 Å². The zero-order valence-electron chi connectivity index (χ0n) is 18.8. The van der Waals surface area contributed by atoms with Crippen LogP contribution in [0.4, 0.5) is 5.69 Å². The fourth-order valence-electron chi connectivity index (χ4n) is 3.30. The van der Waals surface area contributed by atoms with Gasteiger partial charge in [0.05, 0.1) is 24.3 Å². The summed E-state index contributed by atoms with van der Waals surface area (Å²) in [5.41, 5.74) is 2.85. The Morgan fingerprint density at radius 1 is 1.09 bits per heavy atom. The highest BCUT2D eigenvalue weighted by Crippen LogP contribution is 2.29. The number of nitrogens with zero attached hydrogens (tertiary/aromatic N) is 3. The number of thioether (sulfide) groups is 1. The second kappa shape index (κ2) is 10.4. The van der Waals surface area contributed by atoms with E-state index in [-0.39, 0.29) is 11.7 Å². The van der Waals surface area contributed by atoms with Crippen LogP contribution in [0, 0.1) is 0 Å². The van der Waals surface area contributed by atoms with Crippen LogP contribution in [-0.4, -0.2) is 33.0 Å². The van der Waals surface area contributed by atoms with Gasteiger partial charge in [0.2, 0.25) is 11.7 Å². The summed E-state index contributed by atoms with van der Waals surface area (Å²) in [7, 11) is 0. The predicted molar refractivity (Wildman–Crippen MR) is 130 cm³/mol. The summed E-state index contributed by atoms with van der Waals surface area (Å²) in [5, 5.41) is 12.2. The molecule has 4 aromatic rings. The molecule has 0 saturated heterocycles. The number of carbonyl (C=O) groups excluding carboxylic acids is 1. The molecule has 2 heterocycles. The van der Waals surface area contributed by atoms with Crippen molar-refractivity contribution in [1.82, 2.24) is 14.8 Å². The van der Waals surface area contributed by atoms with Crippen molar-refractivity contribution in [3.05, 3.63) is 72.5 Å². The first-order chi connectivity index (χ1) is 16.0. The van der Waals surface area contributed by atoms with Gasteiger partial charge in [-0.1, -0.05) is 37.7 Å². The molecule has 0 aliphatic rings. The summed E-state index contributed by atoms with van der Waals surface area (Å²) < 4.78 is 13.0. The third-order valence-corrected chi connectivity index (χ3v) is 5.90. The van der Waals surface area contributed by atoms with Gasteiger partial charge in [-0.3, -0.25) is 9.36 Å². The number of furan rings is 1. The molecule has 1 amide bonds. The van der Waals surface area contributed by atoms with Crippen LogP contribution in [-0.2, 0) is 4.79 Å². The summed E-state index contributed by atoms with van der Waals surface area (Å²) in [5.74, 6) is 2.47. The van der Waals surface area contributed by atoms with E-state index in [9.17, 15) is 4.79 Å². The fourth-order valence-corrected chi connectivity index (χ4v) is 4.05. The summed E-state index contributed by atoms with van der Waals surface area (Å²) >= 11 is 1.31. The first-order valence-corrected chi connectivity index (χ1v) is 11.8. The maximum Gasteiger partial charge on any atom is 0.234 e. The maximum atomic E-state index is 12.6.